The lowest BCUT2D eigenvalue weighted by Gasteiger charge is -2.28. The number of carbonyl (C=O) groups is 3. The zero-order valence-corrected chi connectivity index (χ0v) is 21.7. The van der Waals surface area contributed by atoms with E-state index in [9.17, 15) is 19.5 Å². The average Bonchev–Trinajstić information content (AvgIpc) is 2.88. The van der Waals surface area contributed by atoms with Crippen LogP contribution in [0.5, 0.6) is 0 Å². The van der Waals surface area contributed by atoms with Gasteiger partial charge in [-0.3, -0.25) is 19.7 Å². The van der Waals surface area contributed by atoms with Gasteiger partial charge in [-0.05, 0) is 6.42 Å². The van der Waals surface area contributed by atoms with E-state index >= 15 is 0 Å². The first-order valence-corrected chi connectivity index (χ1v) is 12.8. The van der Waals surface area contributed by atoms with Gasteiger partial charge >= 0.3 is 0 Å². The van der Waals surface area contributed by atoms with Gasteiger partial charge in [0, 0.05) is 111 Å². The van der Waals surface area contributed by atoms with Crippen LogP contribution >= 0.6 is 0 Å². The maximum Gasteiger partial charge on any atom is 0.221 e. The zero-order valence-electron chi connectivity index (χ0n) is 21.7. The van der Waals surface area contributed by atoms with Crippen molar-refractivity contribution in [1.29, 1.82) is 0 Å². The van der Waals surface area contributed by atoms with Crippen molar-refractivity contribution < 1.29 is 19.5 Å². The summed E-state index contributed by atoms with van der Waals surface area (Å²) in [6.07, 6.45) is 0.639. The Balaban J connectivity index is 4.98. The molecule has 0 aromatic rings. The normalized spacial score (nSPS) is 12.1. The molecule has 0 spiro atoms. The second-order valence-electron chi connectivity index (χ2n) is 8.40. The summed E-state index contributed by atoms with van der Waals surface area (Å²) in [6.45, 7) is 6.52. The van der Waals surface area contributed by atoms with Gasteiger partial charge in [0.05, 0.1) is 0 Å². The van der Waals surface area contributed by atoms with Gasteiger partial charge in [-0.1, -0.05) is 0 Å². The van der Waals surface area contributed by atoms with Crippen molar-refractivity contribution >= 4 is 17.7 Å². The van der Waals surface area contributed by atoms with Crippen LogP contribution in [-0.4, -0.2) is 130 Å². The molecule has 0 saturated carbocycles. The SMILES string of the molecule is NCCNC(=O)CCN(CCC(=O)NCCN)CCN(CCC(=O)NCCN)CCC(O)NCCN. The van der Waals surface area contributed by atoms with Gasteiger partial charge < -0.3 is 53.8 Å². The molecule has 0 aliphatic carbocycles. The van der Waals surface area contributed by atoms with Crippen molar-refractivity contribution in [3.8, 4) is 0 Å². The lowest BCUT2D eigenvalue weighted by molar-refractivity contribution is -0.122. The van der Waals surface area contributed by atoms with Crippen molar-refractivity contribution in [2.75, 3.05) is 91.6 Å². The Kier molecular flexibility index (Phi) is 22.2. The first-order valence-electron chi connectivity index (χ1n) is 12.8. The Labute approximate surface area is 215 Å². The summed E-state index contributed by atoms with van der Waals surface area (Å²) in [5, 5.41) is 21.3. The summed E-state index contributed by atoms with van der Waals surface area (Å²) in [4.78, 5) is 40.3. The standard InChI is InChI=1S/C22H50N10O4/c23-5-9-27-19(33)1-13-31(14-2-20(34)28-10-6-24)17-18-32(15-3-21(35)29-11-7-25)16-4-22(36)30-12-8-26/h19,27,33H,1-18,23-26H2,(H,28,34)(H,29,35)(H,30,36). The van der Waals surface area contributed by atoms with Crippen LogP contribution in [0.3, 0.4) is 0 Å². The van der Waals surface area contributed by atoms with Crippen LogP contribution in [0.1, 0.15) is 25.7 Å². The van der Waals surface area contributed by atoms with E-state index < -0.39 is 6.23 Å². The highest BCUT2D eigenvalue weighted by Gasteiger charge is 2.15. The molecule has 212 valence electrons. The van der Waals surface area contributed by atoms with Gasteiger partial charge in [0.1, 0.15) is 6.23 Å². The first kappa shape index (κ1) is 34.1. The van der Waals surface area contributed by atoms with Gasteiger partial charge in [0.25, 0.3) is 0 Å². The Hall–Kier alpha value is -1.91. The summed E-state index contributed by atoms with van der Waals surface area (Å²) in [6, 6.07) is 0. The molecule has 1 atom stereocenters. The first-order chi connectivity index (χ1) is 17.4. The van der Waals surface area contributed by atoms with E-state index in [1.54, 1.807) is 0 Å². The second kappa shape index (κ2) is 23.5. The molecule has 0 saturated heterocycles. The number of nitrogens with zero attached hydrogens (tertiary/aromatic N) is 2. The van der Waals surface area contributed by atoms with E-state index in [0.717, 1.165) is 0 Å². The highest BCUT2D eigenvalue weighted by Crippen LogP contribution is 2.02. The molecule has 0 rings (SSSR count). The van der Waals surface area contributed by atoms with E-state index in [0.29, 0.717) is 104 Å². The molecule has 0 heterocycles. The molecular weight excluding hydrogens is 468 g/mol. The fourth-order valence-corrected chi connectivity index (χ4v) is 3.29. The molecule has 13 N–H and O–H groups in total. The van der Waals surface area contributed by atoms with Crippen molar-refractivity contribution in [3.63, 3.8) is 0 Å². The van der Waals surface area contributed by atoms with Crippen LogP contribution in [0.2, 0.25) is 0 Å². The Morgan fingerprint density at radius 2 is 0.944 bits per heavy atom. The Morgan fingerprint density at radius 3 is 1.31 bits per heavy atom. The minimum atomic E-state index is -0.698. The number of nitrogens with two attached hydrogens (primary N) is 4. The van der Waals surface area contributed by atoms with Crippen LogP contribution < -0.4 is 44.2 Å². The van der Waals surface area contributed by atoms with E-state index in [4.69, 9.17) is 22.9 Å². The van der Waals surface area contributed by atoms with Crippen molar-refractivity contribution in [1.82, 2.24) is 31.1 Å². The molecule has 14 nitrogen and oxygen atoms in total. The molecule has 0 aromatic carbocycles. The number of amides is 3. The maximum atomic E-state index is 12.1. The topological polar surface area (TPSA) is 230 Å². The molecule has 0 radical (unpaired) electrons. The lowest BCUT2D eigenvalue weighted by atomic mass is 10.2. The summed E-state index contributed by atoms with van der Waals surface area (Å²) >= 11 is 0. The average molecular weight is 519 g/mol. The van der Waals surface area contributed by atoms with Gasteiger partial charge in [-0.15, -0.1) is 0 Å². The summed E-state index contributed by atoms with van der Waals surface area (Å²) in [5.74, 6) is -0.279. The third kappa shape index (κ3) is 20.3. The lowest BCUT2D eigenvalue weighted by Crippen LogP contribution is -2.42. The third-order valence-electron chi connectivity index (χ3n) is 5.34. The van der Waals surface area contributed by atoms with Gasteiger partial charge in [-0.2, -0.15) is 0 Å². The number of nitrogens with one attached hydrogen (secondary N) is 4. The highest BCUT2D eigenvalue weighted by atomic mass is 16.3. The summed E-state index contributed by atoms with van der Waals surface area (Å²) in [5.41, 5.74) is 21.8. The van der Waals surface area contributed by atoms with E-state index in [1.165, 1.54) is 0 Å². The zero-order chi connectivity index (χ0) is 27.0. The van der Waals surface area contributed by atoms with Crippen molar-refractivity contribution in [3.05, 3.63) is 0 Å². The fraction of sp³-hybridized carbons (Fsp3) is 0.864. The molecule has 0 aliphatic rings. The second-order valence-corrected chi connectivity index (χ2v) is 8.40. The van der Waals surface area contributed by atoms with Crippen molar-refractivity contribution in [2.24, 2.45) is 22.9 Å². The molecule has 0 fully saturated rings. The van der Waals surface area contributed by atoms with Gasteiger partial charge in [-0.25, -0.2) is 0 Å². The Morgan fingerprint density at radius 1 is 0.583 bits per heavy atom. The number of carbonyl (C=O) groups excluding carboxylic acids is 3. The highest BCUT2D eigenvalue weighted by molar-refractivity contribution is 5.77. The molecule has 3 amide bonds. The monoisotopic (exact) mass is 518 g/mol. The third-order valence-corrected chi connectivity index (χ3v) is 5.34. The Bertz CT molecular complexity index is 561. The summed E-state index contributed by atoms with van der Waals surface area (Å²) in [7, 11) is 0. The van der Waals surface area contributed by atoms with E-state index in [1.807, 2.05) is 0 Å². The predicted molar refractivity (Wildman–Crippen MR) is 141 cm³/mol. The van der Waals surface area contributed by atoms with E-state index in [2.05, 4.69) is 31.1 Å². The van der Waals surface area contributed by atoms with Crippen LogP contribution in [0.4, 0.5) is 0 Å². The van der Waals surface area contributed by atoms with Crippen LogP contribution in [0.15, 0.2) is 0 Å². The quantitative estimate of drug-likeness (QED) is 0.0550. The van der Waals surface area contributed by atoms with Gasteiger partial charge in [0.15, 0.2) is 0 Å². The number of hydrogen-bond acceptors (Lipinski definition) is 11. The van der Waals surface area contributed by atoms with Crippen LogP contribution in [0.25, 0.3) is 0 Å². The number of aliphatic hydroxyl groups is 1. The minimum absolute atomic E-state index is 0.0859. The molecule has 14 heteroatoms. The molecule has 0 aliphatic heterocycles. The van der Waals surface area contributed by atoms with Gasteiger partial charge in [0.2, 0.25) is 17.7 Å². The maximum absolute atomic E-state index is 12.1. The predicted octanol–water partition coefficient (Wildman–Crippen LogP) is -4.76. The largest absolute Gasteiger partial charge is 0.379 e. The van der Waals surface area contributed by atoms with Crippen molar-refractivity contribution in [2.45, 2.75) is 31.9 Å². The molecule has 1 unspecified atom stereocenters. The fourth-order valence-electron chi connectivity index (χ4n) is 3.29. The van der Waals surface area contributed by atoms with E-state index in [-0.39, 0.29) is 30.6 Å². The molecule has 36 heavy (non-hydrogen) atoms. The van der Waals surface area contributed by atoms with Crippen LogP contribution in [0, 0.1) is 0 Å². The molecule has 0 aromatic heterocycles. The summed E-state index contributed by atoms with van der Waals surface area (Å²) < 4.78 is 0. The molecular formula is C22H50N10O4. The van der Waals surface area contributed by atoms with Crippen LogP contribution in [-0.2, 0) is 14.4 Å². The minimum Gasteiger partial charge on any atom is -0.379 e. The number of rotatable bonds is 24. The number of aliphatic hydroxyl groups excluding tert-OH is 1. The smallest absolute Gasteiger partial charge is 0.221 e. The number of hydrogen-bond donors (Lipinski definition) is 9. The molecule has 0 bridgehead atoms.